The highest BCUT2D eigenvalue weighted by Crippen LogP contribution is 2.44. The van der Waals surface area contributed by atoms with E-state index >= 15 is 0 Å². The first-order valence-electron chi connectivity index (χ1n) is 26.5. The van der Waals surface area contributed by atoms with Crippen LogP contribution in [0.3, 0.4) is 0 Å². The summed E-state index contributed by atoms with van der Waals surface area (Å²) in [6, 6.07) is 28.6. The van der Waals surface area contributed by atoms with Gasteiger partial charge in [0.2, 0.25) is 0 Å². The van der Waals surface area contributed by atoms with E-state index in [0.717, 1.165) is 48.1 Å². The van der Waals surface area contributed by atoms with E-state index in [4.69, 9.17) is 11.4 Å². The van der Waals surface area contributed by atoms with Crippen molar-refractivity contribution in [2.75, 3.05) is 14.7 Å². The van der Waals surface area contributed by atoms with Crippen molar-refractivity contribution < 1.29 is 54.5 Å². The first kappa shape index (κ1) is 55.4. The maximum Gasteiger partial charge on any atom is 1.20 e. The summed E-state index contributed by atoms with van der Waals surface area (Å²) in [5.41, 5.74) is 2.96. The summed E-state index contributed by atoms with van der Waals surface area (Å²) < 4.78 is 17.7. The minimum absolute atomic E-state index is 0.112. The van der Waals surface area contributed by atoms with E-state index in [-0.39, 0.29) is 68.9 Å². The third kappa shape index (κ3) is 9.46. The summed E-state index contributed by atoms with van der Waals surface area (Å²) in [6.07, 6.45) is 0. The van der Waals surface area contributed by atoms with Crippen LogP contribution in [0.4, 0.5) is 17.1 Å². The van der Waals surface area contributed by atoms with Gasteiger partial charge in [-0.15, -0.1) is 0 Å². The maximum atomic E-state index is 14.7. The topological polar surface area (TPSA) is 191 Å². The molecule has 0 bridgehead atoms. The van der Waals surface area contributed by atoms with Crippen LogP contribution in [0, 0.1) is 0 Å². The highest BCUT2D eigenvalue weighted by Gasteiger charge is 2.53. The molecule has 0 unspecified atom stereocenters. The van der Waals surface area contributed by atoms with Crippen molar-refractivity contribution in [2.24, 2.45) is 0 Å². The van der Waals surface area contributed by atoms with Crippen molar-refractivity contribution >= 4 is 85.6 Å². The number of hydrogen-bond acceptors (Lipinski definition) is 12. The van der Waals surface area contributed by atoms with Crippen LogP contribution < -0.4 is 14.7 Å². The maximum absolute atomic E-state index is 14.7. The Morgan fingerprint density at radius 1 is 0.316 bits per heavy atom. The van der Waals surface area contributed by atoms with Gasteiger partial charge in [-0.2, -0.15) is 0 Å². The van der Waals surface area contributed by atoms with Gasteiger partial charge in [0.05, 0.1) is 67.1 Å². The first-order chi connectivity index (χ1) is 37.5. The molecule has 0 N–H and O–H groups in total. The number of imide groups is 3. The molecular weight excluding hydrogens is 1020 g/mol. The molecule has 3 aliphatic rings. The summed E-state index contributed by atoms with van der Waals surface area (Å²) in [4.78, 5) is 135. The summed E-state index contributed by atoms with van der Waals surface area (Å²) in [7, 11) is 0. The molecule has 0 fully saturated rings. The molecule has 16 heteroatoms. The predicted molar refractivity (Wildman–Crippen MR) is 299 cm³/mol. The van der Waals surface area contributed by atoms with Crippen LogP contribution in [0.2, 0.25) is 0 Å². The van der Waals surface area contributed by atoms with Gasteiger partial charge in [-0.25, -0.2) is 29.1 Å². The second-order valence-electron chi connectivity index (χ2n) is 21.8. The first-order valence-corrected chi connectivity index (χ1v) is 28.0. The van der Waals surface area contributed by atoms with Crippen LogP contribution in [0.15, 0.2) is 109 Å². The van der Waals surface area contributed by atoms with Gasteiger partial charge in [-0.1, -0.05) is 156 Å². The molecule has 79 heavy (non-hydrogen) atoms. The largest absolute Gasteiger partial charge is 1.20 e. The van der Waals surface area contributed by atoms with E-state index in [1.165, 1.54) is 54.6 Å². The Hall–Kier alpha value is -8.32. The van der Waals surface area contributed by atoms with E-state index in [1.54, 1.807) is 0 Å². The average molecular weight is 1080 g/mol. The van der Waals surface area contributed by atoms with Crippen LogP contribution in [-0.2, 0) is 11.4 Å². The normalized spacial score (nSPS) is 14.0. The molecule has 0 saturated heterocycles. The minimum Gasteiger partial charge on any atom is -0.547 e. The summed E-state index contributed by atoms with van der Waals surface area (Å²) in [5, 5.41) is 0. The molecule has 0 atom stereocenters. The van der Waals surface area contributed by atoms with Crippen molar-refractivity contribution in [2.45, 2.75) is 119 Å². The number of para-hydroxylation sites is 3. The fraction of sp³-hybridized carbons (Fsp3) is 0.286. The quantitative estimate of drug-likeness (QED) is 0.0699. The van der Waals surface area contributed by atoms with Crippen LogP contribution in [0.25, 0.3) is 0 Å². The highest BCUT2D eigenvalue weighted by molar-refractivity contribution is 6.47. The zero-order chi connectivity index (χ0) is 57.2. The predicted octanol–water partition coefficient (Wildman–Crippen LogP) is 12.7. The van der Waals surface area contributed by atoms with E-state index in [9.17, 15) is 43.2 Å². The third-order valence-electron chi connectivity index (χ3n) is 14.7. The summed E-state index contributed by atoms with van der Waals surface area (Å²) in [6.45, 7) is 23.2. The number of amides is 6. The lowest BCUT2D eigenvalue weighted by Gasteiger charge is -2.25. The molecule has 6 aromatic carbocycles. The van der Waals surface area contributed by atoms with Gasteiger partial charge < -0.3 is 11.4 Å². The Kier molecular flexibility index (Phi) is 15.1. The molecule has 0 radical (unpaired) electrons. The van der Waals surface area contributed by atoms with Gasteiger partial charge in [0, 0.05) is 0 Å². The zero-order valence-electron chi connectivity index (χ0n) is 46.2. The van der Waals surface area contributed by atoms with E-state index < -0.39 is 85.2 Å². The number of anilines is 3. The van der Waals surface area contributed by atoms with Gasteiger partial charge in [0.1, 0.15) is 0 Å². The number of benzene rings is 6. The number of carbonyl (C=O) groups excluding carboxylic acids is 9. The van der Waals surface area contributed by atoms with Gasteiger partial charge in [0.15, 0.2) is 0 Å². The fourth-order valence-electron chi connectivity index (χ4n) is 10.8. The summed E-state index contributed by atoms with van der Waals surface area (Å²) in [5.74, 6) is -9.23. The molecule has 0 saturated carbocycles. The molecule has 15 nitrogen and oxygen atoms in total. The lowest BCUT2D eigenvalue weighted by molar-refractivity contribution is 0.0403. The van der Waals surface area contributed by atoms with Crippen LogP contribution in [-0.4, -0.2) is 68.5 Å². The Morgan fingerprint density at radius 2 is 0.519 bits per heavy atom. The Labute approximate surface area is 463 Å². The molecule has 402 valence electrons. The van der Waals surface area contributed by atoms with E-state index in [2.05, 4.69) is 0 Å². The molecule has 3 heterocycles. The average Bonchev–Trinajstić information content (AvgIpc) is 4.00. The number of rotatable bonds is 15. The number of fused-ring (bicyclic) bond motifs is 3. The molecule has 3 aliphatic heterocycles. The van der Waals surface area contributed by atoms with Crippen LogP contribution >= 0.6 is 0 Å². The lowest BCUT2D eigenvalue weighted by atomic mass is 9.92. The lowest BCUT2D eigenvalue weighted by Crippen LogP contribution is -2.36. The number of carbonyl (C=O) groups is 9. The SMILES string of the molecule is CC(C)c1cccc(C(C)C)c1N1C(=O)c2cccc(C(=O)[O][Al]([O]C(=O)c3cccc4c3C(=O)N(c3c(C(C)C)cccc3C(C)C)C4=O)[O]C(=O)c3cccc4c3C(=O)N(c3c(C(C)C)cccc3C(C)C)C4=O)c2C1=O. The summed E-state index contributed by atoms with van der Waals surface area (Å²) >= 11 is -4.64. The fourth-order valence-corrected chi connectivity index (χ4v) is 11.9. The molecule has 0 aliphatic carbocycles. The van der Waals surface area contributed by atoms with Crippen LogP contribution in [0.1, 0.15) is 245 Å². The number of nitrogens with zero attached hydrogens (tertiary/aromatic N) is 3. The Bertz CT molecular complexity index is 3180. The number of hydrogen-bond donors (Lipinski definition) is 0. The monoisotopic (exact) mass is 1080 g/mol. The van der Waals surface area contributed by atoms with Gasteiger partial charge in [0.25, 0.3) is 35.4 Å². The van der Waals surface area contributed by atoms with Crippen molar-refractivity contribution in [1.29, 1.82) is 0 Å². The van der Waals surface area contributed by atoms with Crippen molar-refractivity contribution in [3.8, 4) is 0 Å². The van der Waals surface area contributed by atoms with E-state index in [0.29, 0.717) is 17.1 Å². The molecule has 6 amide bonds. The zero-order valence-corrected chi connectivity index (χ0v) is 47.3. The second-order valence-corrected chi connectivity index (χ2v) is 23.1. The minimum atomic E-state index is -4.64. The molecule has 9 rings (SSSR count). The molecule has 6 aromatic rings. The Morgan fingerprint density at radius 3 is 0.722 bits per heavy atom. The standard InChI is InChI=1S/3C21H21NO4.Al/c3*1-11(2)13-7-5-8-14(12(3)4)18(13)22-19(23)15-9-6-10-16(21(25)26)17(15)20(22)24;/h3*5-12H,1-4H3,(H,25,26);/q;;;+3/p-3. The molecule has 0 spiro atoms. The third-order valence-corrected chi connectivity index (χ3v) is 15.9. The second kappa shape index (κ2) is 21.5. The Balaban J connectivity index is 1.11. The van der Waals surface area contributed by atoms with Crippen molar-refractivity contribution in [3.05, 3.63) is 193 Å². The van der Waals surface area contributed by atoms with Gasteiger partial charge >= 0.3 is 33.1 Å². The smallest absolute Gasteiger partial charge is 0.547 e. The van der Waals surface area contributed by atoms with Crippen molar-refractivity contribution in [3.63, 3.8) is 0 Å². The van der Waals surface area contributed by atoms with Gasteiger partial charge in [-0.3, -0.25) is 28.8 Å². The molecule has 0 aromatic heterocycles. The molecular formula is C63H60AlN3O12. The van der Waals surface area contributed by atoms with Crippen molar-refractivity contribution in [1.82, 2.24) is 0 Å². The highest BCUT2D eigenvalue weighted by atomic mass is 27.3. The van der Waals surface area contributed by atoms with E-state index in [1.807, 2.05) is 138 Å². The van der Waals surface area contributed by atoms with Crippen LogP contribution in [0.5, 0.6) is 0 Å². The van der Waals surface area contributed by atoms with Gasteiger partial charge in [-0.05, 0) is 105 Å².